The summed E-state index contributed by atoms with van der Waals surface area (Å²) in [5.41, 5.74) is 5.23. The van der Waals surface area contributed by atoms with Gasteiger partial charge in [-0.3, -0.25) is 9.59 Å². The Bertz CT molecular complexity index is 498. The third-order valence-corrected chi connectivity index (χ3v) is 4.48. The van der Waals surface area contributed by atoms with Crippen molar-refractivity contribution in [2.75, 3.05) is 13.1 Å². The topological polar surface area (TPSA) is 63.4 Å². The van der Waals surface area contributed by atoms with Gasteiger partial charge >= 0.3 is 0 Å². The van der Waals surface area contributed by atoms with Crippen molar-refractivity contribution in [3.63, 3.8) is 0 Å². The van der Waals surface area contributed by atoms with E-state index < -0.39 is 0 Å². The van der Waals surface area contributed by atoms with Crippen LogP contribution in [-0.4, -0.2) is 29.8 Å². The van der Waals surface area contributed by atoms with Crippen LogP contribution in [0, 0.1) is 5.92 Å². The third kappa shape index (κ3) is 3.20. The lowest BCUT2D eigenvalue weighted by molar-refractivity contribution is -0.125. The maximum atomic E-state index is 11.9. The molecule has 1 aliphatic heterocycles. The lowest BCUT2D eigenvalue weighted by atomic mass is 10.1. The first-order chi connectivity index (χ1) is 8.56. The molecule has 0 bridgehead atoms. The molecule has 2 amide bonds. The number of carbonyl (C=O) groups is 2. The van der Waals surface area contributed by atoms with E-state index in [1.165, 1.54) is 0 Å². The molecule has 96 valence electrons. The summed E-state index contributed by atoms with van der Waals surface area (Å²) >= 11 is 4.93. The van der Waals surface area contributed by atoms with Gasteiger partial charge in [-0.25, -0.2) is 0 Å². The van der Waals surface area contributed by atoms with Gasteiger partial charge in [0.1, 0.15) is 0 Å². The molecular formula is C12H13BrN2O2S. The van der Waals surface area contributed by atoms with E-state index in [0.29, 0.717) is 19.5 Å². The van der Waals surface area contributed by atoms with Crippen LogP contribution >= 0.6 is 27.3 Å². The molecule has 18 heavy (non-hydrogen) atoms. The summed E-state index contributed by atoms with van der Waals surface area (Å²) in [6.07, 6.45) is 4.00. The highest BCUT2D eigenvalue weighted by Crippen LogP contribution is 2.23. The van der Waals surface area contributed by atoms with Crippen molar-refractivity contribution in [1.82, 2.24) is 4.90 Å². The van der Waals surface area contributed by atoms with Gasteiger partial charge in [0.15, 0.2) is 0 Å². The Morgan fingerprint density at radius 2 is 2.28 bits per heavy atom. The molecule has 0 aliphatic carbocycles. The van der Waals surface area contributed by atoms with Crippen LogP contribution < -0.4 is 5.73 Å². The minimum atomic E-state index is -0.323. The Hall–Kier alpha value is -1.14. The van der Waals surface area contributed by atoms with E-state index in [1.54, 1.807) is 28.4 Å². The molecule has 0 spiro atoms. The monoisotopic (exact) mass is 328 g/mol. The number of carbonyl (C=O) groups excluding carboxylic acids is 2. The SMILES string of the molecule is NC(=O)[C@H]1CCN(C(=O)/C=C\c2ccc(Br)s2)C1. The highest BCUT2D eigenvalue weighted by molar-refractivity contribution is 9.11. The molecule has 2 N–H and O–H groups in total. The van der Waals surface area contributed by atoms with Gasteiger partial charge in [-0.2, -0.15) is 0 Å². The Morgan fingerprint density at radius 1 is 1.50 bits per heavy atom. The molecule has 1 aromatic heterocycles. The van der Waals surface area contributed by atoms with Crippen LogP contribution in [0.25, 0.3) is 6.08 Å². The van der Waals surface area contributed by atoms with Crippen LogP contribution in [0.2, 0.25) is 0 Å². The second-order valence-corrected chi connectivity index (χ2v) is 6.64. The summed E-state index contributed by atoms with van der Waals surface area (Å²) in [5, 5.41) is 0. The van der Waals surface area contributed by atoms with E-state index in [1.807, 2.05) is 12.1 Å². The molecule has 0 saturated carbocycles. The zero-order chi connectivity index (χ0) is 13.1. The predicted molar refractivity (Wildman–Crippen MR) is 74.9 cm³/mol. The number of likely N-dealkylation sites (tertiary alicyclic amines) is 1. The van der Waals surface area contributed by atoms with E-state index in [9.17, 15) is 9.59 Å². The summed E-state index contributed by atoms with van der Waals surface area (Å²) in [4.78, 5) is 25.6. The number of amides is 2. The summed E-state index contributed by atoms with van der Waals surface area (Å²) < 4.78 is 1.03. The summed E-state index contributed by atoms with van der Waals surface area (Å²) in [5.74, 6) is -0.585. The van der Waals surface area contributed by atoms with E-state index in [2.05, 4.69) is 15.9 Å². The molecule has 2 heterocycles. The first-order valence-corrected chi connectivity index (χ1v) is 7.19. The Morgan fingerprint density at radius 3 is 2.83 bits per heavy atom. The van der Waals surface area contributed by atoms with Crippen molar-refractivity contribution in [3.05, 3.63) is 26.9 Å². The zero-order valence-corrected chi connectivity index (χ0v) is 12.0. The van der Waals surface area contributed by atoms with Crippen molar-refractivity contribution >= 4 is 45.2 Å². The molecule has 1 saturated heterocycles. The molecule has 0 aromatic carbocycles. The Kier molecular flexibility index (Phi) is 4.19. The maximum Gasteiger partial charge on any atom is 0.246 e. The van der Waals surface area contributed by atoms with Gasteiger partial charge in [0.25, 0.3) is 0 Å². The lowest BCUT2D eigenvalue weighted by Crippen LogP contribution is -2.30. The highest BCUT2D eigenvalue weighted by atomic mass is 79.9. The Labute approximate surface area is 118 Å². The number of nitrogens with zero attached hydrogens (tertiary/aromatic N) is 1. The number of hydrogen-bond donors (Lipinski definition) is 1. The molecule has 1 fully saturated rings. The second kappa shape index (κ2) is 5.67. The summed E-state index contributed by atoms with van der Waals surface area (Å²) in [6.45, 7) is 1.04. The molecule has 2 rings (SSSR count). The van der Waals surface area contributed by atoms with Gasteiger partial charge in [0, 0.05) is 24.0 Å². The van der Waals surface area contributed by atoms with E-state index in [4.69, 9.17) is 5.73 Å². The maximum absolute atomic E-state index is 11.9. The first kappa shape index (κ1) is 13.3. The quantitative estimate of drug-likeness (QED) is 0.861. The fourth-order valence-corrected chi connectivity index (χ4v) is 3.20. The third-order valence-electron chi connectivity index (χ3n) is 2.89. The average Bonchev–Trinajstić information content (AvgIpc) is 2.94. The van der Waals surface area contributed by atoms with Gasteiger partial charge in [0.2, 0.25) is 11.8 Å². The fraction of sp³-hybridized carbons (Fsp3) is 0.333. The van der Waals surface area contributed by atoms with Gasteiger partial charge in [-0.15, -0.1) is 11.3 Å². The lowest BCUT2D eigenvalue weighted by Gasteiger charge is -2.12. The number of halogens is 1. The fourth-order valence-electron chi connectivity index (χ4n) is 1.87. The Balaban J connectivity index is 1.93. The molecule has 4 nitrogen and oxygen atoms in total. The summed E-state index contributed by atoms with van der Waals surface area (Å²) in [6, 6.07) is 3.88. The highest BCUT2D eigenvalue weighted by Gasteiger charge is 2.28. The molecule has 1 aromatic rings. The van der Waals surface area contributed by atoms with E-state index in [-0.39, 0.29) is 17.7 Å². The van der Waals surface area contributed by atoms with Gasteiger partial charge in [0.05, 0.1) is 9.70 Å². The van der Waals surface area contributed by atoms with Crippen LogP contribution in [-0.2, 0) is 9.59 Å². The average molecular weight is 329 g/mol. The first-order valence-electron chi connectivity index (χ1n) is 5.58. The number of rotatable bonds is 3. The number of thiophene rings is 1. The smallest absolute Gasteiger partial charge is 0.246 e. The van der Waals surface area contributed by atoms with Crippen molar-refractivity contribution < 1.29 is 9.59 Å². The normalized spacial score (nSPS) is 19.6. The number of primary amides is 1. The van der Waals surface area contributed by atoms with Crippen LogP contribution in [0.15, 0.2) is 22.0 Å². The minimum Gasteiger partial charge on any atom is -0.369 e. The van der Waals surface area contributed by atoms with Crippen molar-refractivity contribution in [2.24, 2.45) is 11.7 Å². The standard InChI is InChI=1S/C12H13BrN2O2S/c13-10-3-1-9(18-10)2-4-11(16)15-6-5-8(7-15)12(14)17/h1-4,8H,5-7H2,(H2,14,17)/b4-2-/t8-/m0/s1. The largest absolute Gasteiger partial charge is 0.369 e. The van der Waals surface area contributed by atoms with Crippen LogP contribution in [0.4, 0.5) is 0 Å². The van der Waals surface area contributed by atoms with Gasteiger partial charge < -0.3 is 10.6 Å². The van der Waals surface area contributed by atoms with Crippen molar-refractivity contribution in [1.29, 1.82) is 0 Å². The molecule has 1 atom stereocenters. The zero-order valence-electron chi connectivity index (χ0n) is 9.64. The van der Waals surface area contributed by atoms with Crippen molar-refractivity contribution in [2.45, 2.75) is 6.42 Å². The second-order valence-electron chi connectivity index (χ2n) is 4.15. The van der Waals surface area contributed by atoms with E-state index in [0.717, 1.165) is 8.66 Å². The number of nitrogens with two attached hydrogens (primary N) is 1. The summed E-state index contributed by atoms with van der Waals surface area (Å²) in [7, 11) is 0. The minimum absolute atomic E-state index is 0.0664. The number of hydrogen-bond acceptors (Lipinski definition) is 3. The molecule has 1 aliphatic rings. The van der Waals surface area contributed by atoms with Crippen molar-refractivity contribution in [3.8, 4) is 0 Å². The van der Waals surface area contributed by atoms with Gasteiger partial charge in [-0.1, -0.05) is 0 Å². The van der Waals surface area contributed by atoms with Crippen LogP contribution in [0.5, 0.6) is 0 Å². The molecular weight excluding hydrogens is 316 g/mol. The van der Waals surface area contributed by atoms with Crippen LogP contribution in [0.3, 0.4) is 0 Å². The van der Waals surface area contributed by atoms with Crippen LogP contribution in [0.1, 0.15) is 11.3 Å². The molecule has 0 radical (unpaired) electrons. The van der Waals surface area contributed by atoms with Gasteiger partial charge in [-0.05, 0) is 40.6 Å². The predicted octanol–water partition coefficient (Wildman–Crippen LogP) is 1.86. The van der Waals surface area contributed by atoms with E-state index >= 15 is 0 Å². The molecule has 6 heteroatoms. The molecule has 0 unspecified atom stereocenters.